The monoisotopic (exact) mass is 251 g/mol. The van der Waals surface area contributed by atoms with Crippen LogP contribution in [0.5, 0.6) is 0 Å². The largest absolute Gasteiger partial charge is 0.384 e. The zero-order valence-electron chi connectivity index (χ0n) is 10.8. The molecule has 2 atom stereocenters. The summed E-state index contributed by atoms with van der Waals surface area (Å²) >= 11 is 0. The van der Waals surface area contributed by atoms with Crippen LogP contribution in [0.3, 0.4) is 0 Å². The van der Waals surface area contributed by atoms with E-state index in [0.717, 1.165) is 13.0 Å². The van der Waals surface area contributed by atoms with E-state index in [1.165, 1.54) is 5.56 Å². The molecule has 1 aliphatic rings. The molecule has 1 aromatic rings. The van der Waals surface area contributed by atoms with Crippen LogP contribution < -0.4 is 11.1 Å². The van der Waals surface area contributed by atoms with Crippen molar-refractivity contribution in [3.05, 3.63) is 23.9 Å². The summed E-state index contributed by atoms with van der Waals surface area (Å²) in [5, 5.41) is 3.45. The lowest BCUT2D eigenvalue weighted by molar-refractivity contribution is -0.101. The fraction of sp³-hybridized carbons (Fsp3) is 0.615. The normalized spacial score (nSPS) is 21.7. The number of rotatable bonds is 5. The van der Waals surface area contributed by atoms with Crippen molar-refractivity contribution in [3.8, 4) is 0 Å². The number of nitrogen functional groups attached to an aromatic ring is 1. The van der Waals surface area contributed by atoms with Crippen molar-refractivity contribution in [2.24, 2.45) is 0 Å². The first-order chi connectivity index (χ1) is 8.79. The lowest BCUT2D eigenvalue weighted by atomic mass is 10.0. The summed E-state index contributed by atoms with van der Waals surface area (Å²) in [7, 11) is 0. The van der Waals surface area contributed by atoms with Crippen molar-refractivity contribution in [2.45, 2.75) is 25.5 Å². The molecule has 1 fully saturated rings. The van der Waals surface area contributed by atoms with E-state index in [-0.39, 0.29) is 12.1 Å². The highest BCUT2D eigenvalue weighted by molar-refractivity contribution is 5.32. The number of aromatic nitrogens is 1. The van der Waals surface area contributed by atoms with Gasteiger partial charge in [-0.2, -0.15) is 0 Å². The first kappa shape index (κ1) is 13.3. The molecule has 2 heterocycles. The summed E-state index contributed by atoms with van der Waals surface area (Å²) in [6.45, 7) is 5.02. The Morgan fingerprint density at radius 1 is 1.56 bits per heavy atom. The van der Waals surface area contributed by atoms with Crippen molar-refractivity contribution in [1.29, 1.82) is 0 Å². The van der Waals surface area contributed by atoms with Gasteiger partial charge in [-0.3, -0.25) is 0 Å². The smallest absolute Gasteiger partial charge is 0.123 e. The molecule has 1 aromatic heterocycles. The molecule has 2 rings (SSSR count). The number of nitrogens with zero attached hydrogens (tertiary/aromatic N) is 1. The number of hydrogen-bond acceptors (Lipinski definition) is 5. The molecule has 0 amide bonds. The van der Waals surface area contributed by atoms with Crippen molar-refractivity contribution >= 4 is 5.82 Å². The minimum absolute atomic E-state index is 0.105. The third-order valence-corrected chi connectivity index (χ3v) is 3.06. The molecule has 0 saturated carbocycles. The topological polar surface area (TPSA) is 69.4 Å². The third-order valence-electron chi connectivity index (χ3n) is 3.06. The Bertz CT molecular complexity index is 367. The van der Waals surface area contributed by atoms with E-state index in [2.05, 4.69) is 17.2 Å². The quantitative estimate of drug-likeness (QED) is 0.802. The predicted molar refractivity (Wildman–Crippen MR) is 70.4 cm³/mol. The Hall–Kier alpha value is -1.17. The van der Waals surface area contributed by atoms with Crippen LogP contribution in [0.4, 0.5) is 5.82 Å². The molecule has 3 N–H and O–H groups in total. The van der Waals surface area contributed by atoms with E-state index in [1.54, 1.807) is 6.20 Å². The lowest BCUT2D eigenvalue weighted by Gasteiger charge is -2.31. The number of anilines is 1. The van der Waals surface area contributed by atoms with Crippen LogP contribution in [0.15, 0.2) is 18.3 Å². The predicted octanol–water partition coefficient (Wildman–Crippen LogP) is 0.600. The van der Waals surface area contributed by atoms with Crippen molar-refractivity contribution in [2.75, 3.05) is 32.1 Å². The number of hydrogen-bond donors (Lipinski definition) is 2. The van der Waals surface area contributed by atoms with E-state index >= 15 is 0 Å². The second kappa shape index (κ2) is 6.68. The van der Waals surface area contributed by atoms with Gasteiger partial charge in [0.1, 0.15) is 5.82 Å². The highest BCUT2D eigenvalue weighted by Crippen LogP contribution is 2.13. The Labute approximate surface area is 108 Å². The van der Waals surface area contributed by atoms with Gasteiger partial charge in [-0.1, -0.05) is 6.92 Å². The van der Waals surface area contributed by atoms with Crippen LogP contribution in [-0.2, 0) is 15.9 Å². The molecule has 5 heteroatoms. The molecule has 1 saturated heterocycles. The van der Waals surface area contributed by atoms with Gasteiger partial charge in [0.15, 0.2) is 0 Å². The Morgan fingerprint density at radius 3 is 3.11 bits per heavy atom. The van der Waals surface area contributed by atoms with Crippen molar-refractivity contribution in [1.82, 2.24) is 10.3 Å². The molecule has 1 aliphatic heterocycles. The number of ether oxygens (including phenoxy) is 2. The van der Waals surface area contributed by atoms with Gasteiger partial charge in [0.2, 0.25) is 0 Å². The molecule has 100 valence electrons. The van der Waals surface area contributed by atoms with Gasteiger partial charge < -0.3 is 20.5 Å². The summed E-state index contributed by atoms with van der Waals surface area (Å²) in [5.74, 6) is 0.559. The number of nitrogens with two attached hydrogens (primary N) is 1. The maximum Gasteiger partial charge on any atom is 0.123 e. The molecular formula is C13H21N3O2. The highest BCUT2D eigenvalue weighted by atomic mass is 16.6. The maximum absolute atomic E-state index is 5.76. The van der Waals surface area contributed by atoms with E-state index in [4.69, 9.17) is 15.2 Å². The number of likely N-dealkylation sites (N-methyl/N-ethyl adjacent to an activating group) is 1. The molecule has 0 radical (unpaired) electrons. The van der Waals surface area contributed by atoms with E-state index in [0.29, 0.717) is 25.6 Å². The third kappa shape index (κ3) is 3.66. The van der Waals surface area contributed by atoms with Crippen LogP contribution in [0.25, 0.3) is 0 Å². The summed E-state index contributed by atoms with van der Waals surface area (Å²) in [4.78, 5) is 4.01. The Balaban J connectivity index is 2.00. The van der Waals surface area contributed by atoms with Gasteiger partial charge in [0.25, 0.3) is 0 Å². The second-order valence-corrected chi connectivity index (χ2v) is 4.44. The first-order valence-corrected chi connectivity index (χ1v) is 6.42. The average Bonchev–Trinajstić information content (AvgIpc) is 2.39. The van der Waals surface area contributed by atoms with Crippen molar-refractivity contribution in [3.63, 3.8) is 0 Å². The van der Waals surface area contributed by atoms with Crippen molar-refractivity contribution < 1.29 is 9.47 Å². The van der Waals surface area contributed by atoms with Crippen LogP contribution >= 0.6 is 0 Å². The van der Waals surface area contributed by atoms with E-state index in [9.17, 15) is 0 Å². The summed E-state index contributed by atoms with van der Waals surface area (Å²) in [6.07, 6.45) is 2.72. The molecule has 0 spiro atoms. The number of pyridine rings is 1. The summed E-state index contributed by atoms with van der Waals surface area (Å²) in [6, 6.07) is 4.15. The first-order valence-electron chi connectivity index (χ1n) is 6.42. The summed E-state index contributed by atoms with van der Waals surface area (Å²) in [5.41, 5.74) is 6.87. The highest BCUT2D eigenvalue weighted by Gasteiger charge is 2.24. The molecule has 2 unspecified atom stereocenters. The van der Waals surface area contributed by atoms with Crippen LogP contribution in [0.1, 0.15) is 12.5 Å². The number of nitrogens with one attached hydrogen (secondary N) is 1. The zero-order chi connectivity index (χ0) is 12.8. The minimum Gasteiger partial charge on any atom is -0.384 e. The van der Waals surface area contributed by atoms with Crippen LogP contribution in [-0.4, -0.2) is 43.5 Å². The van der Waals surface area contributed by atoms with Gasteiger partial charge in [-0.15, -0.1) is 0 Å². The molecule has 0 aromatic carbocycles. The van der Waals surface area contributed by atoms with Gasteiger partial charge >= 0.3 is 0 Å². The molecular weight excluding hydrogens is 230 g/mol. The van der Waals surface area contributed by atoms with E-state index < -0.39 is 0 Å². The second-order valence-electron chi connectivity index (χ2n) is 4.44. The van der Waals surface area contributed by atoms with Gasteiger partial charge in [-0.05, 0) is 30.7 Å². The average molecular weight is 251 g/mol. The molecule has 5 nitrogen and oxygen atoms in total. The fourth-order valence-corrected chi connectivity index (χ4v) is 2.21. The van der Waals surface area contributed by atoms with Gasteiger partial charge in [0, 0.05) is 12.2 Å². The van der Waals surface area contributed by atoms with Gasteiger partial charge in [0.05, 0.1) is 25.9 Å². The minimum atomic E-state index is 0.105. The molecule has 0 bridgehead atoms. The Kier molecular flexibility index (Phi) is 4.92. The zero-order valence-corrected chi connectivity index (χ0v) is 10.8. The van der Waals surface area contributed by atoms with Crippen LogP contribution in [0, 0.1) is 0 Å². The Morgan fingerprint density at radius 2 is 2.44 bits per heavy atom. The van der Waals surface area contributed by atoms with Gasteiger partial charge in [-0.25, -0.2) is 4.98 Å². The SMILES string of the molecule is CCNC(Cc1ccnc(N)c1)C1COCCO1. The maximum atomic E-state index is 5.76. The standard InChI is InChI=1S/C13H21N3O2/c1-2-15-11(12-9-17-5-6-18-12)7-10-3-4-16-13(14)8-10/h3-4,8,11-12,15H,2,5-7,9H2,1H3,(H2,14,16). The molecule has 0 aliphatic carbocycles. The molecule has 18 heavy (non-hydrogen) atoms. The van der Waals surface area contributed by atoms with E-state index in [1.807, 2.05) is 12.1 Å². The van der Waals surface area contributed by atoms with Crippen LogP contribution in [0.2, 0.25) is 0 Å². The lowest BCUT2D eigenvalue weighted by Crippen LogP contribution is -2.47. The fourth-order valence-electron chi connectivity index (χ4n) is 2.21. The summed E-state index contributed by atoms with van der Waals surface area (Å²) < 4.78 is 11.2.